The van der Waals surface area contributed by atoms with E-state index in [2.05, 4.69) is 15.3 Å². The number of aliphatic carboxylic acids is 1. The molecule has 3 N–H and O–H groups in total. The van der Waals surface area contributed by atoms with Crippen molar-refractivity contribution in [3.05, 3.63) is 60.2 Å². The third kappa shape index (κ3) is 3.64. The number of benzene rings is 1. The quantitative estimate of drug-likeness (QED) is 0.449. The summed E-state index contributed by atoms with van der Waals surface area (Å²) in [5, 5.41) is 14.4. The summed E-state index contributed by atoms with van der Waals surface area (Å²) < 4.78 is 0. The van der Waals surface area contributed by atoms with Crippen LogP contribution in [0.4, 0.5) is 5.82 Å². The number of carbonyl (C=O) groups is 1. The molecule has 0 aliphatic heterocycles. The molecule has 0 spiro atoms. The molecule has 7 nitrogen and oxygen atoms in total. The minimum Gasteiger partial charge on any atom is -0.481 e. The molecule has 3 aromatic heterocycles. The molecule has 1 atom stereocenters. The van der Waals surface area contributed by atoms with Gasteiger partial charge in [0.15, 0.2) is 0 Å². The summed E-state index contributed by atoms with van der Waals surface area (Å²) in [5.74, 6) is 0.497. The van der Waals surface area contributed by atoms with Gasteiger partial charge in [0.05, 0.1) is 5.39 Å². The largest absolute Gasteiger partial charge is 0.481 e. The first kappa shape index (κ1) is 17.9. The van der Waals surface area contributed by atoms with Crippen LogP contribution < -0.4 is 5.32 Å². The van der Waals surface area contributed by atoms with Crippen LogP contribution in [0.3, 0.4) is 0 Å². The van der Waals surface area contributed by atoms with Gasteiger partial charge in [-0.1, -0.05) is 31.2 Å². The molecule has 28 heavy (non-hydrogen) atoms. The van der Waals surface area contributed by atoms with Crippen molar-refractivity contribution in [2.45, 2.75) is 32.2 Å². The summed E-state index contributed by atoms with van der Waals surface area (Å²) in [4.78, 5) is 27.9. The van der Waals surface area contributed by atoms with Crippen LogP contribution in [0, 0.1) is 0 Å². The number of H-pyrrole nitrogens is 1. The molecule has 0 fully saturated rings. The van der Waals surface area contributed by atoms with Crippen LogP contribution in [0.15, 0.2) is 48.8 Å². The minimum absolute atomic E-state index is 0.0640. The molecule has 0 saturated heterocycles. The van der Waals surface area contributed by atoms with Gasteiger partial charge in [0.1, 0.15) is 17.3 Å². The number of fused-ring (bicyclic) bond motifs is 3. The Bertz CT molecular complexity index is 1120. The highest BCUT2D eigenvalue weighted by molar-refractivity contribution is 6.11. The van der Waals surface area contributed by atoms with Crippen molar-refractivity contribution in [2.24, 2.45) is 0 Å². The van der Waals surface area contributed by atoms with E-state index < -0.39 is 5.97 Å². The Balaban J connectivity index is 1.75. The van der Waals surface area contributed by atoms with Gasteiger partial charge in [0, 0.05) is 42.2 Å². The maximum atomic E-state index is 10.9. The summed E-state index contributed by atoms with van der Waals surface area (Å²) in [7, 11) is 0. The van der Waals surface area contributed by atoms with Crippen LogP contribution in [0.25, 0.3) is 21.9 Å². The maximum absolute atomic E-state index is 10.9. The van der Waals surface area contributed by atoms with E-state index in [4.69, 9.17) is 15.1 Å². The van der Waals surface area contributed by atoms with Crippen molar-refractivity contribution in [3.8, 4) is 0 Å². The molecule has 142 valence electrons. The first-order valence-corrected chi connectivity index (χ1v) is 9.24. The molecule has 0 radical (unpaired) electrons. The molecule has 4 aromatic rings. The highest BCUT2D eigenvalue weighted by atomic mass is 16.4. The monoisotopic (exact) mass is 375 g/mol. The summed E-state index contributed by atoms with van der Waals surface area (Å²) in [6, 6.07) is 11.9. The van der Waals surface area contributed by atoms with Crippen LogP contribution in [0.5, 0.6) is 0 Å². The summed E-state index contributed by atoms with van der Waals surface area (Å²) in [6.07, 6.45) is 4.14. The molecule has 0 aliphatic rings. The molecular weight excluding hydrogens is 354 g/mol. The van der Waals surface area contributed by atoms with Crippen LogP contribution >= 0.6 is 0 Å². The fraction of sp³-hybridized carbons (Fsp3) is 0.238. The predicted molar refractivity (Wildman–Crippen MR) is 108 cm³/mol. The third-order valence-electron chi connectivity index (χ3n) is 4.79. The van der Waals surface area contributed by atoms with Gasteiger partial charge < -0.3 is 15.4 Å². The van der Waals surface area contributed by atoms with Gasteiger partial charge in [0.2, 0.25) is 0 Å². The van der Waals surface area contributed by atoms with Gasteiger partial charge in [0.25, 0.3) is 0 Å². The average molecular weight is 375 g/mol. The number of rotatable bonds is 7. The van der Waals surface area contributed by atoms with E-state index in [0.29, 0.717) is 18.8 Å². The van der Waals surface area contributed by atoms with Crippen LogP contribution in [0.2, 0.25) is 0 Å². The minimum atomic E-state index is -0.812. The summed E-state index contributed by atoms with van der Waals surface area (Å²) >= 11 is 0. The lowest BCUT2D eigenvalue weighted by Crippen LogP contribution is -2.08. The molecule has 3 heterocycles. The molecular formula is C21H21N5O2. The number of anilines is 1. The number of carboxylic acid groups (broad SMARTS) is 1. The number of aromatic nitrogens is 4. The van der Waals surface area contributed by atoms with Crippen molar-refractivity contribution >= 4 is 33.7 Å². The van der Waals surface area contributed by atoms with Crippen molar-refractivity contribution in [2.75, 3.05) is 5.32 Å². The van der Waals surface area contributed by atoms with Gasteiger partial charge in [-0.3, -0.25) is 9.78 Å². The molecule has 0 amide bonds. The Kier molecular flexibility index (Phi) is 4.89. The van der Waals surface area contributed by atoms with Crippen molar-refractivity contribution in [1.82, 2.24) is 19.9 Å². The second-order valence-corrected chi connectivity index (χ2v) is 6.87. The molecule has 0 bridgehead atoms. The van der Waals surface area contributed by atoms with E-state index >= 15 is 0 Å². The number of hydrogen-bond donors (Lipinski definition) is 3. The lowest BCUT2D eigenvalue weighted by Gasteiger charge is -2.13. The number of carboxylic acids is 1. The van der Waals surface area contributed by atoms with Gasteiger partial charge in [-0.05, 0) is 24.1 Å². The molecule has 4 rings (SSSR count). The Morgan fingerprint density at radius 1 is 1.21 bits per heavy atom. The Labute approximate surface area is 161 Å². The van der Waals surface area contributed by atoms with Crippen molar-refractivity contribution < 1.29 is 9.90 Å². The zero-order valence-corrected chi connectivity index (χ0v) is 15.5. The fourth-order valence-corrected chi connectivity index (χ4v) is 3.27. The number of nitrogens with one attached hydrogen (secondary N) is 2. The zero-order valence-electron chi connectivity index (χ0n) is 15.5. The average Bonchev–Trinajstić information content (AvgIpc) is 3.09. The smallest absolute Gasteiger partial charge is 0.303 e. The number of nitrogens with zero attached hydrogens (tertiary/aromatic N) is 3. The third-order valence-corrected chi connectivity index (χ3v) is 4.79. The van der Waals surface area contributed by atoms with Crippen LogP contribution in [-0.4, -0.2) is 31.0 Å². The zero-order chi connectivity index (χ0) is 19.5. The Hall–Kier alpha value is -3.48. The van der Waals surface area contributed by atoms with E-state index in [0.717, 1.165) is 33.3 Å². The Morgan fingerprint density at radius 2 is 2.07 bits per heavy atom. The van der Waals surface area contributed by atoms with E-state index in [9.17, 15) is 4.79 Å². The maximum Gasteiger partial charge on any atom is 0.303 e. The lowest BCUT2D eigenvalue weighted by molar-refractivity contribution is -0.137. The standard InChI is InChI=1S/C21H21N5O2/c1-13(8-9-17(27)28)19-25-20(23-12-14-5-4-10-22-11-14)18-15-6-2-3-7-16(15)24-21(18)26-19/h2-7,10-11,13H,8-9,12H2,1H3,(H,27,28)(H2,23,24,25,26). The summed E-state index contributed by atoms with van der Waals surface area (Å²) in [6.45, 7) is 2.54. The molecule has 7 heteroatoms. The van der Waals surface area contributed by atoms with E-state index in [1.807, 2.05) is 49.5 Å². The highest BCUT2D eigenvalue weighted by Gasteiger charge is 2.17. The van der Waals surface area contributed by atoms with E-state index in [-0.39, 0.29) is 12.3 Å². The molecule has 0 aliphatic carbocycles. The Morgan fingerprint density at radius 3 is 2.86 bits per heavy atom. The number of hydrogen-bond acceptors (Lipinski definition) is 5. The summed E-state index contributed by atoms with van der Waals surface area (Å²) in [5.41, 5.74) is 2.79. The number of aromatic amines is 1. The van der Waals surface area contributed by atoms with Gasteiger partial charge in [-0.2, -0.15) is 0 Å². The SMILES string of the molecule is CC(CCC(=O)O)c1nc(NCc2cccnc2)c2c(n1)[nH]c1ccccc12. The van der Waals surface area contributed by atoms with Gasteiger partial charge in [-0.25, -0.2) is 9.97 Å². The van der Waals surface area contributed by atoms with Gasteiger partial charge >= 0.3 is 5.97 Å². The molecule has 1 aromatic carbocycles. The number of pyridine rings is 1. The van der Waals surface area contributed by atoms with Gasteiger partial charge in [-0.15, -0.1) is 0 Å². The fourth-order valence-electron chi connectivity index (χ4n) is 3.27. The van der Waals surface area contributed by atoms with Crippen LogP contribution in [0.1, 0.15) is 37.1 Å². The normalized spacial score (nSPS) is 12.3. The lowest BCUT2D eigenvalue weighted by atomic mass is 10.0. The van der Waals surface area contributed by atoms with Crippen LogP contribution in [-0.2, 0) is 11.3 Å². The number of para-hydroxylation sites is 1. The second kappa shape index (κ2) is 7.64. The highest BCUT2D eigenvalue weighted by Crippen LogP contribution is 2.31. The van der Waals surface area contributed by atoms with E-state index in [1.165, 1.54) is 0 Å². The first-order valence-electron chi connectivity index (χ1n) is 9.24. The predicted octanol–water partition coefficient (Wildman–Crippen LogP) is 4.09. The van der Waals surface area contributed by atoms with Crippen molar-refractivity contribution in [1.29, 1.82) is 0 Å². The topological polar surface area (TPSA) is 104 Å². The van der Waals surface area contributed by atoms with Crippen molar-refractivity contribution in [3.63, 3.8) is 0 Å². The van der Waals surface area contributed by atoms with E-state index in [1.54, 1.807) is 6.20 Å². The molecule has 1 unspecified atom stereocenters. The molecule has 0 saturated carbocycles. The second-order valence-electron chi connectivity index (χ2n) is 6.87. The first-order chi connectivity index (χ1) is 13.6.